The lowest BCUT2D eigenvalue weighted by Crippen LogP contribution is -2.13. The van der Waals surface area contributed by atoms with E-state index in [9.17, 15) is 9.46 Å². The van der Waals surface area contributed by atoms with Crippen LogP contribution in [-0.2, 0) is 9.09 Å². The van der Waals surface area contributed by atoms with Crippen molar-refractivity contribution in [2.24, 2.45) is 0 Å². The van der Waals surface area contributed by atoms with Gasteiger partial charge in [0.05, 0.1) is 11.9 Å². The Bertz CT molecular complexity index is 850. The SMILES string of the molecule is O=P(O)(OCCOc1ccccc1)c1ccccc1-c1ccccc1. The van der Waals surface area contributed by atoms with Crippen molar-refractivity contribution in [1.82, 2.24) is 0 Å². The third-order valence-corrected chi connectivity index (χ3v) is 5.19. The summed E-state index contributed by atoms with van der Waals surface area (Å²) in [4.78, 5) is 10.4. The van der Waals surface area contributed by atoms with E-state index in [0.29, 0.717) is 16.6 Å². The Morgan fingerprint density at radius 2 is 1.36 bits per heavy atom. The summed E-state index contributed by atoms with van der Waals surface area (Å²) in [6, 6.07) is 25.8. The molecule has 3 aromatic carbocycles. The molecule has 0 saturated heterocycles. The Morgan fingerprint density at radius 1 is 0.760 bits per heavy atom. The Labute approximate surface area is 147 Å². The minimum Gasteiger partial charge on any atom is -0.491 e. The molecule has 25 heavy (non-hydrogen) atoms. The number of ether oxygens (including phenoxy) is 1. The van der Waals surface area contributed by atoms with E-state index < -0.39 is 7.60 Å². The van der Waals surface area contributed by atoms with Gasteiger partial charge in [0.15, 0.2) is 0 Å². The minimum atomic E-state index is -3.95. The second kappa shape index (κ2) is 8.13. The molecule has 0 bridgehead atoms. The highest BCUT2D eigenvalue weighted by Gasteiger charge is 2.26. The average molecular weight is 354 g/mol. The van der Waals surface area contributed by atoms with Gasteiger partial charge in [-0.3, -0.25) is 4.57 Å². The van der Waals surface area contributed by atoms with Crippen LogP contribution in [0.4, 0.5) is 0 Å². The van der Waals surface area contributed by atoms with Crippen molar-refractivity contribution in [2.45, 2.75) is 0 Å². The van der Waals surface area contributed by atoms with Crippen LogP contribution < -0.4 is 10.0 Å². The van der Waals surface area contributed by atoms with Crippen LogP contribution in [0.25, 0.3) is 11.1 Å². The zero-order valence-corrected chi connectivity index (χ0v) is 14.5. The van der Waals surface area contributed by atoms with Crippen molar-refractivity contribution in [3.63, 3.8) is 0 Å². The van der Waals surface area contributed by atoms with Crippen LogP contribution >= 0.6 is 7.60 Å². The maximum absolute atomic E-state index is 12.7. The van der Waals surface area contributed by atoms with Gasteiger partial charge in [0.2, 0.25) is 0 Å². The highest BCUT2D eigenvalue weighted by atomic mass is 31.2. The highest BCUT2D eigenvalue weighted by molar-refractivity contribution is 7.61. The molecular formula is C20H19O4P. The second-order valence-electron chi connectivity index (χ2n) is 5.40. The molecular weight excluding hydrogens is 335 g/mol. The first-order valence-corrected chi connectivity index (χ1v) is 9.55. The molecule has 0 aliphatic carbocycles. The van der Waals surface area contributed by atoms with Crippen LogP contribution in [0.1, 0.15) is 0 Å². The largest absolute Gasteiger partial charge is 0.491 e. The summed E-state index contributed by atoms with van der Waals surface area (Å²) in [5, 5.41) is 0.293. The Balaban J connectivity index is 1.69. The molecule has 4 nitrogen and oxygen atoms in total. The predicted molar refractivity (Wildman–Crippen MR) is 99.2 cm³/mol. The van der Waals surface area contributed by atoms with E-state index in [0.717, 1.165) is 5.56 Å². The summed E-state index contributed by atoms with van der Waals surface area (Å²) in [7, 11) is -3.95. The lowest BCUT2D eigenvalue weighted by Gasteiger charge is -2.16. The fourth-order valence-electron chi connectivity index (χ4n) is 2.49. The summed E-state index contributed by atoms with van der Waals surface area (Å²) in [6.45, 7) is 0.216. The van der Waals surface area contributed by atoms with Crippen molar-refractivity contribution < 1.29 is 18.7 Å². The summed E-state index contributed by atoms with van der Waals surface area (Å²) in [5.41, 5.74) is 1.56. The maximum Gasteiger partial charge on any atom is 0.359 e. The summed E-state index contributed by atoms with van der Waals surface area (Å²) in [6.07, 6.45) is 0. The first kappa shape index (κ1) is 17.4. The van der Waals surface area contributed by atoms with Gasteiger partial charge in [0.1, 0.15) is 12.4 Å². The fraction of sp³-hybridized carbons (Fsp3) is 0.100. The standard InChI is InChI=1S/C20H19O4P/c21-25(22,24-16-15-23-18-11-5-2-6-12-18)20-14-8-7-13-19(20)17-9-3-1-4-10-17/h1-14H,15-16H2,(H,21,22). The molecule has 0 heterocycles. The molecule has 0 spiro atoms. The molecule has 0 aliphatic heterocycles. The molecule has 0 radical (unpaired) electrons. The second-order valence-corrected chi connectivity index (χ2v) is 7.18. The molecule has 3 aromatic rings. The predicted octanol–water partition coefficient (Wildman–Crippen LogP) is 4.26. The smallest absolute Gasteiger partial charge is 0.359 e. The topological polar surface area (TPSA) is 55.8 Å². The van der Waals surface area contributed by atoms with Crippen molar-refractivity contribution >= 4 is 12.9 Å². The van der Waals surface area contributed by atoms with Crippen LogP contribution in [-0.4, -0.2) is 18.1 Å². The lowest BCUT2D eigenvalue weighted by molar-refractivity contribution is 0.201. The van der Waals surface area contributed by atoms with E-state index >= 15 is 0 Å². The number of hydrogen-bond donors (Lipinski definition) is 1. The van der Waals surface area contributed by atoms with E-state index in [-0.39, 0.29) is 13.2 Å². The zero-order chi connectivity index (χ0) is 17.5. The third kappa shape index (κ3) is 4.58. The first-order valence-electron chi connectivity index (χ1n) is 7.97. The molecule has 1 N–H and O–H groups in total. The maximum atomic E-state index is 12.7. The zero-order valence-electron chi connectivity index (χ0n) is 13.6. The Kier molecular flexibility index (Phi) is 5.67. The van der Waals surface area contributed by atoms with Gasteiger partial charge in [-0.1, -0.05) is 66.7 Å². The van der Waals surface area contributed by atoms with E-state index in [4.69, 9.17) is 9.26 Å². The monoisotopic (exact) mass is 354 g/mol. The summed E-state index contributed by atoms with van der Waals surface area (Å²) < 4.78 is 23.5. The van der Waals surface area contributed by atoms with E-state index in [1.165, 1.54) is 0 Å². The first-order chi connectivity index (χ1) is 12.2. The van der Waals surface area contributed by atoms with Crippen LogP contribution in [0, 0.1) is 0 Å². The molecule has 0 aromatic heterocycles. The number of benzene rings is 3. The fourth-order valence-corrected chi connectivity index (χ4v) is 3.73. The van der Waals surface area contributed by atoms with Gasteiger partial charge < -0.3 is 14.2 Å². The Hall–Kier alpha value is -2.39. The van der Waals surface area contributed by atoms with E-state index in [1.54, 1.807) is 12.1 Å². The molecule has 0 amide bonds. The van der Waals surface area contributed by atoms with Crippen LogP contribution in [0.3, 0.4) is 0 Å². The van der Waals surface area contributed by atoms with Crippen molar-refractivity contribution in [3.05, 3.63) is 84.9 Å². The van der Waals surface area contributed by atoms with Crippen LogP contribution in [0.5, 0.6) is 5.75 Å². The normalized spacial score (nSPS) is 13.2. The quantitative estimate of drug-likeness (QED) is 0.509. The van der Waals surface area contributed by atoms with Gasteiger partial charge in [0.25, 0.3) is 0 Å². The van der Waals surface area contributed by atoms with E-state index in [2.05, 4.69) is 0 Å². The van der Waals surface area contributed by atoms with Crippen LogP contribution in [0.2, 0.25) is 0 Å². The van der Waals surface area contributed by atoms with Crippen molar-refractivity contribution in [1.29, 1.82) is 0 Å². The number of hydrogen-bond acceptors (Lipinski definition) is 3. The van der Waals surface area contributed by atoms with Crippen molar-refractivity contribution in [3.8, 4) is 16.9 Å². The van der Waals surface area contributed by atoms with Gasteiger partial charge in [-0.2, -0.15) is 0 Å². The molecule has 1 atom stereocenters. The lowest BCUT2D eigenvalue weighted by atomic mass is 10.1. The highest BCUT2D eigenvalue weighted by Crippen LogP contribution is 2.43. The Morgan fingerprint density at radius 3 is 2.08 bits per heavy atom. The summed E-state index contributed by atoms with van der Waals surface area (Å²) >= 11 is 0. The van der Waals surface area contributed by atoms with Gasteiger partial charge in [-0.05, 0) is 29.3 Å². The van der Waals surface area contributed by atoms with Gasteiger partial charge in [0, 0.05) is 0 Å². The molecule has 1 unspecified atom stereocenters. The summed E-state index contributed by atoms with van der Waals surface area (Å²) in [5.74, 6) is 0.698. The molecule has 128 valence electrons. The number of rotatable bonds is 7. The van der Waals surface area contributed by atoms with Gasteiger partial charge in [-0.15, -0.1) is 0 Å². The molecule has 0 saturated carbocycles. The number of para-hydroxylation sites is 1. The molecule has 3 rings (SSSR count). The third-order valence-electron chi connectivity index (χ3n) is 3.65. The van der Waals surface area contributed by atoms with Gasteiger partial charge >= 0.3 is 7.60 Å². The molecule has 0 aliphatic rings. The molecule has 0 fully saturated rings. The van der Waals surface area contributed by atoms with Crippen molar-refractivity contribution in [2.75, 3.05) is 13.2 Å². The van der Waals surface area contributed by atoms with Crippen LogP contribution in [0.15, 0.2) is 84.9 Å². The molecule has 5 heteroatoms. The van der Waals surface area contributed by atoms with Gasteiger partial charge in [-0.25, -0.2) is 0 Å². The average Bonchev–Trinajstić information content (AvgIpc) is 2.67. The van der Waals surface area contributed by atoms with E-state index in [1.807, 2.05) is 72.8 Å². The minimum absolute atomic E-state index is 0.0196.